The van der Waals surface area contributed by atoms with Crippen molar-refractivity contribution in [2.45, 2.75) is 151 Å². The molecule has 4 aliphatic carbocycles. The van der Waals surface area contributed by atoms with Gasteiger partial charge in [0.2, 0.25) is 0 Å². The highest BCUT2D eigenvalue weighted by Gasteiger charge is 2.47. The van der Waals surface area contributed by atoms with E-state index in [1.165, 1.54) is 81.0 Å². The van der Waals surface area contributed by atoms with E-state index >= 15 is 0 Å². The topological polar surface area (TPSA) is 44.3 Å². The molecule has 6 atom stereocenters. The standard InChI is InChI=1S/C19H29N.C18H27NO.C4H10.C2H6.C2H4/c1-13-7-8-15-9-10-17-16(14(2)20-4)6-5-11-19(17,3)18(15)12-13;1-5-13(6-2)16-11-9-14-8-10-15(19-20)12-17(14)18(16,4)7-3;1-3-4-2;2*1-2/h12,16-17,20H,2,5-11H2,1,3-4H3;5,8,10,12-13,16,19-20H,1,6-7,9,11H2,2-4H3;3-4H2,1-2H3;1-2H3;1-2H2. The predicted octanol–water partition coefficient (Wildman–Crippen LogP) is 13.5. The Balaban J connectivity index is 0.000000395. The average molecular weight is 661 g/mol. The third-order valence-corrected chi connectivity index (χ3v) is 12.2. The van der Waals surface area contributed by atoms with Gasteiger partial charge in [-0.05, 0) is 129 Å². The molecule has 3 nitrogen and oxygen atoms in total. The van der Waals surface area contributed by atoms with Crippen molar-refractivity contribution in [2.75, 3.05) is 12.5 Å². The Bertz CT molecular complexity index is 1190. The highest BCUT2D eigenvalue weighted by Crippen LogP contribution is 2.58. The number of fused-ring (bicyclic) bond motifs is 3. The highest BCUT2D eigenvalue weighted by atomic mass is 16.5. The summed E-state index contributed by atoms with van der Waals surface area (Å²) in [5, 5.41) is 12.5. The lowest BCUT2D eigenvalue weighted by Gasteiger charge is -2.52. The van der Waals surface area contributed by atoms with Gasteiger partial charge in [-0.1, -0.05) is 111 Å². The molecule has 1 fully saturated rings. The molecule has 0 radical (unpaired) electrons. The SMILES string of the molecule is C=C.C=C(NC)C1CCCC2(C)C3=C(CCC(C)=C3)CCC12.C=CC(CC)C1CCc2ccc(NO)cc2C1(C)CC.CC.CCCC. The molecule has 1 aromatic rings. The van der Waals surface area contributed by atoms with Crippen molar-refractivity contribution in [3.05, 3.63) is 90.2 Å². The second-order valence-electron chi connectivity index (χ2n) is 14.6. The molecule has 0 aromatic heterocycles. The number of rotatable bonds is 8. The van der Waals surface area contributed by atoms with E-state index < -0.39 is 0 Å². The van der Waals surface area contributed by atoms with Gasteiger partial charge in [-0.25, -0.2) is 0 Å². The van der Waals surface area contributed by atoms with E-state index in [2.05, 4.69) is 110 Å². The fraction of sp³-hybridized carbons (Fsp3) is 0.644. The molecule has 0 amide bonds. The summed E-state index contributed by atoms with van der Waals surface area (Å²) in [6.07, 6.45) is 21.3. The van der Waals surface area contributed by atoms with Crippen LogP contribution in [0.4, 0.5) is 5.69 Å². The zero-order chi connectivity index (χ0) is 36.5. The van der Waals surface area contributed by atoms with Gasteiger partial charge in [0.15, 0.2) is 0 Å². The fourth-order valence-electron chi connectivity index (χ4n) is 9.02. The minimum atomic E-state index is 0.162. The van der Waals surface area contributed by atoms with E-state index in [0.29, 0.717) is 23.2 Å². The number of aryl methyl sites for hydroxylation is 1. The largest absolute Gasteiger partial charge is 0.392 e. The molecular weight excluding hydrogens is 585 g/mol. The third-order valence-electron chi connectivity index (χ3n) is 12.2. The van der Waals surface area contributed by atoms with Crippen LogP contribution in [0.1, 0.15) is 150 Å². The molecule has 4 aliphatic rings. The van der Waals surface area contributed by atoms with Gasteiger partial charge in [0, 0.05) is 18.7 Å². The number of hydrogen-bond acceptors (Lipinski definition) is 3. The van der Waals surface area contributed by atoms with Gasteiger partial charge in [-0.3, -0.25) is 10.7 Å². The average Bonchev–Trinajstić information content (AvgIpc) is 3.14. The minimum absolute atomic E-state index is 0.162. The minimum Gasteiger partial charge on any atom is -0.392 e. The first-order valence-electron chi connectivity index (χ1n) is 19.5. The van der Waals surface area contributed by atoms with Crippen molar-refractivity contribution < 1.29 is 5.21 Å². The second kappa shape index (κ2) is 21.5. The predicted molar refractivity (Wildman–Crippen MR) is 215 cm³/mol. The maximum absolute atomic E-state index is 9.18. The summed E-state index contributed by atoms with van der Waals surface area (Å²) in [5.74, 6) is 2.66. The summed E-state index contributed by atoms with van der Waals surface area (Å²) >= 11 is 0. The number of benzene rings is 1. The summed E-state index contributed by atoms with van der Waals surface area (Å²) in [4.78, 5) is 0. The summed E-state index contributed by atoms with van der Waals surface area (Å²) in [5.41, 5.74) is 12.8. The number of hydrogen-bond donors (Lipinski definition) is 3. The number of nitrogens with one attached hydrogen (secondary N) is 2. The number of unbranched alkanes of at least 4 members (excludes halogenated alkanes) is 1. The Morgan fingerprint density at radius 3 is 2.21 bits per heavy atom. The molecule has 48 heavy (non-hydrogen) atoms. The van der Waals surface area contributed by atoms with Gasteiger partial charge in [-0.2, -0.15) is 0 Å². The van der Waals surface area contributed by atoms with Gasteiger partial charge in [0.25, 0.3) is 0 Å². The van der Waals surface area contributed by atoms with Crippen LogP contribution in [0.2, 0.25) is 0 Å². The maximum atomic E-state index is 9.18. The van der Waals surface area contributed by atoms with Crippen LogP contribution >= 0.6 is 0 Å². The van der Waals surface area contributed by atoms with Crippen molar-refractivity contribution in [2.24, 2.45) is 29.1 Å². The van der Waals surface area contributed by atoms with Crippen LogP contribution in [0.15, 0.2) is 79.1 Å². The van der Waals surface area contributed by atoms with Crippen molar-refractivity contribution >= 4 is 5.69 Å². The molecule has 1 saturated carbocycles. The lowest BCUT2D eigenvalue weighted by Crippen LogP contribution is -2.43. The zero-order valence-corrected chi connectivity index (χ0v) is 33.2. The normalized spacial score (nSPS) is 27.3. The molecular formula is C45H76N2O. The molecule has 3 heteroatoms. The Labute approximate surface area is 298 Å². The molecule has 0 spiro atoms. The van der Waals surface area contributed by atoms with E-state index in [0.717, 1.165) is 30.9 Å². The molecule has 272 valence electrons. The summed E-state index contributed by atoms with van der Waals surface area (Å²) < 4.78 is 0. The van der Waals surface area contributed by atoms with E-state index in [1.807, 2.05) is 27.0 Å². The summed E-state index contributed by atoms with van der Waals surface area (Å²) in [7, 11) is 2.03. The second-order valence-corrected chi connectivity index (χ2v) is 14.6. The van der Waals surface area contributed by atoms with Gasteiger partial charge in [-0.15, -0.1) is 19.7 Å². The molecule has 1 aromatic carbocycles. The van der Waals surface area contributed by atoms with Gasteiger partial charge < -0.3 is 5.32 Å². The van der Waals surface area contributed by atoms with Crippen molar-refractivity contribution in [3.8, 4) is 0 Å². The molecule has 3 N–H and O–H groups in total. The van der Waals surface area contributed by atoms with Crippen molar-refractivity contribution in [1.82, 2.24) is 5.32 Å². The molecule has 0 bridgehead atoms. The summed E-state index contributed by atoms with van der Waals surface area (Å²) in [6, 6.07) is 6.24. The zero-order valence-electron chi connectivity index (χ0n) is 33.2. The van der Waals surface area contributed by atoms with Crippen molar-refractivity contribution in [3.63, 3.8) is 0 Å². The number of allylic oxidation sites excluding steroid dienone is 6. The van der Waals surface area contributed by atoms with Crippen LogP contribution in [0.3, 0.4) is 0 Å². The van der Waals surface area contributed by atoms with Crippen LogP contribution in [-0.4, -0.2) is 12.3 Å². The first-order valence-corrected chi connectivity index (χ1v) is 19.5. The maximum Gasteiger partial charge on any atom is 0.0605 e. The Morgan fingerprint density at radius 2 is 1.67 bits per heavy atom. The highest BCUT2D eigenvalue weighted by molar-refractivity contribution is 5.51. The van der Waals surface area contributed by atoms with Crippen LogP contribution in [0.5, 0.6) is 0 Å². The molecule has 5 rings (SSSR count). The lowest BCUT2D eigenvalue weighted by atomic mass is 9.53. The molecule has 0 saturated heterocycles. The molecule has 0 aliphatic heterocycles. The molecule has 0 heterocycles. The van der Waals surface area contributed by atoms with Crippen molar-refractivity contribution in [1.29, 1.82) is 0 Å². The molecule has 6 unspecified atom stereocenters. The number of anilines is 1. The Morgan fingerprint density at radius 1 is 1.00 bits per heavy atom. The van der Waals surface area contributed by atoms with Crippen LogP contribution in [0, 0.1) is 29.1 Å². The van der Waals surface area contributed by atoms with E-state index in [-0.39, 0.29) is 5.41 Å². The first kappa shape index (κ1) is 43.5. The Kier molecular flexibility index (Phi) is 19.5. The lowest BCUT2D eigenvalue weighted by molar-refractivity contribution is 0.0893. The summed E-state index contributed by atoms with van der Waals surface area (Å²) in [6.45, 7) is 34.5. The monoisotopic (exact) mass is 661 g/mol. The van der Waals surface area contributed by atoms with Crippen LogP contribution in [-0.2, 0) is 11.8 Å². The van der Waals surface area contributed by atoms with E-state index in [9.17, 15) is 5.21 Å². The van der Waals surface area contributed by atoms with Gasteiger partial charge in [0.05, 0.1) is 5.69 Å². The van der Waals surface area contributed by atoms with E-state index in [4.69, 9.17) is 0 Å². The van der Waals surface area contributed by atoms with E-state index in [1.54, 1.807) is 16.7 Å². The third kappa shape index (κ3) is 10.0. The van der Waals surface area contributed by atoms with Crippen LogP contribution in [0.25, 0.3) is 0 Å². The van der Waals surface area contributed by atoms with Gasteiger partial charge in [0.1, 0.15) is 0 Å². The fourth-order valence-corrected chi connectivity index (χ4v) is 9.02. The Hall–Kier alpha value is -2.52. The van der Waals surface area contributed by atoms with Gasteiger partial charge >= 0.3 is 0 Å². The first-order chi connectivity index (χ1) is 23.1. The quantitative estimate of drug-likeness (QED) is 0.192. The smallest absolute Gasteiger partial charge is 0.0605 e. The van der Waals surface area contributed by atoms with Crippen LogP contribution < -0.4 is 10.8 Å².